The van der Waals surface area contributed by atoms with Gasteiger partial charge in [0.2, 0.25) is 0 Å². The van der Waals surface area contributed by atoms with Gasteiger partial charge in [-0.2, -0.15) is 0 Å². The lowest BCUT2D eigenvalue weighted by Crippen LogP contribution is -2.44. The van der Waals surface area contributed by atoms with Crippen LogP contribution in [0.25, 0.3) is 0 Å². The summed E-state index contributed by atoms with van der Waals surface area (Å²) in [5, 5.41) is 0.823. The summed E-state index contributed by atoms with van der Waals surface area (Å²) >= 11 is 8.18. The third-order valence-electron chi connectivity index (χ3n) is 5.03. The van der Waals surface area contributed by atoms with Gasteiger partial charge in [0.15, 0.2) is 0 Å². The Morgan fingerprint density at radius 2 is 1.96 bits per heavy atom. The monoisotopic (exact) mass is 344 g/mol. The number of fused-ring (bicyclic) bond motifs is 5. The number of hydrogen-bond donors (Lipinski definition) is 0. The van der Waals surface area contributed by atoms with Gasteiger partial charge in [-0.1, -0.05) is 41.6 Å². The minimum atomic E-state index is 0.430. The Balaban J connectivity index is 1.84. The molecule has 0 N–H and O–H groups in total. The molecule has 2 aromatic carbocycles. The van der Waals surface area contributed by atoms with Crippen LogP contribution in [0.2, 0.25) is 5.02 Å². The molecule has 0 aromatic heterocycles. The number of halogens is 1. The second kappa shape index (κ2) is 6.04. The van der Waals surface area contributed by atoms with E-state index in [1.54, 1.807) is 0 Å². The molecule has 0 amide bonds. The molecule has 23 heavy (non-hydrogen) atoms. The third kappa shape index (κ3) is 2.75. The molecule has 2 nitrogen and oxygen atoms in total. The normalized spacial score (nSPS) is 23.0. The molecule has 0 aliphatic carbocycles. The van der Waals surface area contributed by atoms with E-state index in [0.717, 1.165) is 18.0 Å². The summed E-state index contributed by atoms with van der Waals surface area (Å²) in [5.41, 5.74) is 2.75. The second-order valence-corrected chi connectivity index (χ2v) is 8.12. The minimum Gasteiger partial charge on any atom is -0.363 e. The summed E-state index contributed by atoms with van der Waals surface area (Å²) in [6.45, 7) is 1.08. The zero-order valence-corrected chi connectivity index (χ0v) is 15.1. The van der Waals surface area contributed by atoms with Crippen LogP contribution >= 0.6 is 23.4 Å². The molecule has 2 atom stereocenters. The zero-order chi connectivity index (χ0) is 16.0. The Bertz CT molecular complexity index is 731. The number of anilines is 1. The van der Waals surface area contributed by atoms with Gasteiger partial charge >= 0.3 is 0 Å². The molecule has 120 valence electrons. The number of rotatable bonds is 1. The Morgan fingerprint density at radius 3 is 2.78 bits per heavy atom. The van der Waals surface area contributed by atoms with E-state index in [4.69, 9.17) is 11.6 Å². The van der Waals surface area contributed by atoms with Gasteiger partial charge in [0.1, 0.15) is 0 Å². The van der Waals surface area contributed by atoms with Crippen LogP contribution in [0, 0.1) is 0 Å². The van der Waals surface area contributed by atoms with Crippen molar-refractivity contribution in [3.05, 3.63) is 53.1 Å². The summed E-state index contributed by atoms with van der Waals surface area (Å²) in [4.78, 5) is 7.63. The third-order valence-corrected chi connectivity index (χ3v) is 6.43. The molecule has 2 unspecified atom stereocenters. The molecular formula is C19H21ClN2S. The average molecular weight is 345 g/mol. The molecule has 2 heterocycles. The van der Waals surface area contributed by atoms with Gasteiger partial charge in [-0.3, -0.25) is 0 Å². The van der Waals surface area contributed by atoms with Crippen LogP contribution in [0.4, 0.5) is 5.69 Å². The maximum absolute atomic E-state index is 6.31. The van der Waals surface area contributed by atoms with Gasteiger partial charge in [0, 0.05) is 27.4 Å². The van der Waals surface area contributed by atoms with E-state index in [1.165, 1.54) is 27.5 Å². The Kier molecular flexibility index (Phi) is 4.04. The van der Waals surface area contributed by atoms with E-state index >= 15 is 0 Å². The van der Waals surface area contributed by atoms with Crippen LogP contribution in [-0.4, -0.2) is 31.6 Å². The van der Waals surface area contributed by atoms with Crippen molar-refractivity contribution < 1.29 is 0 Å². The van der Waals surface area contributed by atoms with Crippen molar-refractivity contribution in [2.75, 3.05) is 25.5 Å². The molecular weight excluding hydrogens is 324 g/mol. The largest absolute Gasteiger partial charge is 0.363 e. The highest BCUT2D eigenvalue weighted by Crippen LogP contribution is 2.49. The number of piperidine rings is 1. The van der Waals surface area contributed by atoms with Crippen molar-refractivity contribution in [1.82, 2.24) is 4.90 Å². The molecule has 1 fully saturated rings. The first-order chi connectivity index (χ1) is 11.1. The summed E-state index contributed by atoms with van der Waals surface area (Å²) in [5.74, 6) is 0. The van der Waals surface area contributed by atoms with Crippen molar-refractivity contribution in [3.63, 3.8) is 0 Å². The molecule has 0 radical (unpaired) electrons. The average Bonchev–Trinajstić information content (AvgIpc) is 2.69. The van der Waals surface area contributed by atoms with E-state index in [2.05, 4.69) is 60.3 Å². The summed E-state index contributed by atoms with van der Waals surface area (Å²) in [6, 6.07) is 16.2. The predicted octanol–water partition coefficient (Wildman–Crippen LogP) is 5.08. The quantitative estimate of drug-likeness (QED) is 0.712. The number of nitrogens with zero attached hydrogens (tertiary/aromatic N) is 2. The van der Waals surface area contributed by atoms with Gasteiger partial charge in [0.25, 0.3) is 0 Å². The standard InChI is InChI=1S/C19H21ClN2S/c1-21(2)14-9-10-22-16(12-14)15-5-3-4-6-18(15)23-19-8-7-13(20)11-17(19)22/h3-8,11,14,16H,9-10,12H2,1-2H3. The molecule has 4 rings (SSSR count). The Labute approximate surface area is 147 Å². The van der Waals surface area contributed by atoms with E-state index < -0.39 is 0 Å². The van der Waals surface area contributed by atoms with Gasteiger partial charge in [0.05, 0.1) is 11.7 Å². The Hall–Kier alpha value is -1.16. The van der Waals surface area contributed by atoms with E-state index in [9.17, 15) is 0 Å². The topological polar surface area (TPSA) is 6.48 Å². The van der Waals surface area contributed by atoms with Crippen molar-refractivity contribution >= 4 is 29.1 Å². The second-order valence-electron chi connectivity index (χ2n) is 6.60. The van der Waals surface area contributed by atoms with Crippen LogP contribution in [0.15, 0.2) is 52.3 Å². The highest BCUT2D eigenvalue weighted by atomic mass is 35.5. The Morgan fingerprint density at radius 1 is 1.13 bits per heavy atom. The number of benzene rings is 2. The molecule has 1 saturated heterocycles. The van der Waals surface area contributed by atoms with E-state index in [-0.39, 0.29) is 0 Å². The van der Waals surface area contributed by atoms with Crippen LogP contribution in [0.1, 0.15) is 24.4 Å². The minimum absolute atomic E-state index is 0.430. The van der Waals surface area contributed by atoms with E-state index in [1.807, 2.05) is 17.8 Å². The molecule has 2 aromatic rings. The molecule has 0 saturated carbocycles. The van der Waals surface area contributed by atoms with Crippen molar-refractivity contribution in [3.8, 4) is 0 Å². The highest BCUT2D eigenvalue weighted by molar-refractivity contribution is 7.99. The van der Waals surface area contributed by atoms with E-state index in [0.29, 0.717) is 12.1 Å². The lowest BCUT2D eigenvalue weighted by atomic mass is 9.90. The lowest BCUT2D eigenvalue weighted by Gasteiger charge is -2.43. The summed E-state index contributed by atoms with van der Waals surface area (Å²) < 4.78 is 0. The van der Waals surface area contributed by atoms with Gasteiger partial charge < -0.3 is 9.80 Å². The maximum Gasteiger partial charge on any atom is 0.0568 e. The first-order valence-corrected chi connectivity index (χ1v) is 9.32. The maximum atomic E-state index is 6.31. The van der Waals surface area contributed by atoms with Crippen LogP contribution < -0.4 is 4.90 Å². The van der Waals surface area contributed by atoms with Gasteiger partial charge in [-0.25, -0.2) is 0 Å². The predicted molar refractivity (Wildman–Crippen MR) is 98.8 cm³/mol. The fourth-order valence-electron chi connectivity index (χ4n) is 3.77. The van der Waals surface area contributed by atoms with Crippen LogP contribution in [0.3, 0.4) is 0 Å². The van der Waals surface area contributed by atoms with Crippen molar-refractivity contribution in [2.45, 2.75) is 34.7 Å². The first-order valence-electron chi connectivity index (χ1n) is 8.13. The summed E-state index contributed by atoms with van der Waals surface area (Å²) in [6.07, 6.45) is 2.36. The van der Waals surface area contributed by atoms with Crippen LogP contribution in [-0.2, 0) is 0 Å². The fourth-order valence-corrected chi connectivity index (χ4v) is 5.06. The molecule has 2 aliphatic rings. The molecule has 0 bridgehead atoms. The number of hydrogen-bond acceptors (Lipinski definition) is 3. The fraction of sp³-hybridized carbons (Fsp3) is 0.368. The van der Waals surface area contributed by atoms with Crippen molar-refractivity contribution in [2.24, 2.45) is 0 Å². The van der Waals surface area contributed by atoms with Crippen molar-refractivity contribution in [1.29, 1.82) is 0 Å². The molecule has 2 aliphatic heterocycles. The lowest BCUT2D eigenvalue weighted by molar-refractivity contribution is 0.224. The highest BCUT2D eigenvalue weighted by Gasteiger charge is 2.35. The SMILES string of the molecule is CN(C)C1CCN2c3cc(Cl)ccc3Sc3ccccc3C2C1. The smallest absolute Gasteiger partial charge is 0.0568 e. The summed E-state index contributed by atoms with van der Waals surface area (Å²) in [7, 11) is 4.39. The van der Waals surface area contributed by atoms with Gasteiger partial charge in [-0.15, -0.1) is 0 Å². The first kappa shape index (κ1) is 15.4. The zero-order valence-electron chi connectivity index (χ0n) is 13.5. The van der Waals surface area contributed by atoms with Gasteiger partial charge in [-0.05, 0) is 56.8 Å². The molecule has 4 heteroatoms. The molecule has 0 spiro atoms. The van der Waals surface area contributed by atoms with Crippen LogP contribution in [0.5, 0.6) is 0 Å².